The van der Waals surface area contributed by atoms with Crippen molar-refractivity contribution in [3.63, 3.8) is 0 Å². The van der Waals surface area contributed by atoms with Crippen molar-refractivity contribution in [3.05, 3.63) is 37.2 Å². The van der Waals surface area contributed by atoms with Gasteiger partial charge in [-0.05, 0) is 11.8 Å². The van der Waals surface area contributed by atoms with E-state index in [0.717, 1.165) is 17.9 Å². The van der Waals surface area contributed by atoms with Crippen molar-refractivity contribution in [1.29, 1.82) is 0 Å². The third kappa shape index (κ3) is 5.44. The van der Waals surface area contributed by atoms with Crippen molar-refractivity contribution in [2.45, 2.75) is 46.6 Å². The minimum atomic E-state index is 0.118. The monoisotopic (exact) mass is 250 g/mol. The van der Waals surface area contributed by atoms with Crippen LogP contribution in [-0.4, -0.2) is 24.5 Å². The van der Waals surface area contributed by atoms with Gasteiger partial charge in [-0.3, -0.25) is 0 Å². The molecule has 0 aliphatic heterocycles. The van der Waals surface area contributed by atoms with E-state index in [1.165, 1.54) is 12.8 Å². The zero-order chi connectivity index (χ0) is 14.3. The lowest BCUT2D eigenvalue weighted by Crippen LogP contribution is -2.39. The van der Waals surface area contributed by atoms with Gasteiger partial charge in [0.1, 0.15) is 0 Å². The van der Waals surface area contributed by atoms with Gasteiger partial charge in [0.2, 0.25) is 0 Å². The van der Waals surface area contributed by atoms with Gasteiger partial charge in [-0.1, -0.05) is 53.3 Å². The lowest BCUT2D eigenvalue weighted by atomic mass is 9.86. The highest BCUT2D eigenvalue weighted by atomic mass is 15.1. The van der Waals surface area contributed by atoms with Crippen LogP contribution < -0.4 is 5.32 Å². The quantitative estimate of drug-likeness (QED) is 0.518. The van der Waals surface area contributed by atoms with Crippen LogP contribution in [0.4, 0.5) is 0 Å². The topological polar surface area (TPSA) is 15.3 Å². The molecule has 0 saturated carbocycles. The van der Waals surface area contributed by atoms with Gasteiger partial charge in [0.05, 0.1) is 11.4 Å². The van der Waals surface area contributed by atoms with Gasteiger partial charge >= 0.3 is 0 Å². The van der Waals surface area contributed by atoms with E-state index >= 15 is 0 Å². The first-order valence-corrected chi connectivity index (χ1v) is 6.72. The standard InChI is InChI=1S/C16H30N2/c1-9-11-12-18(8)14(4)13(3)17-15(10-2)16(5,6)7/h10,15,17H,2-4,9,11-12H2,1,5-8H3. The van der Waals surface area contributed by atoms with Crippen LogP contribution in [0.15, 0.2) is 37.2 Å². The van der Waals surface area contributed by atoms with Gasteiger partial charge in [-0.2, -0.15) is 0 Å². The molecule has 0 bridgehead atoms. The summed E-state index contributed by atoms with van der Waals surface area (Å²) in [5, 5.41) is 3.41. The molecular weight excluding hydrogens is 220 g/mol. The molecule has 0 heterocycles. The fraction of sp³-hybridized carbons (Fsp3) is 0.625. The summed E-state index contributed by atoms with van der Waals surface area (Å²) in [5.41, 5.74) is 1.96. The number of hydrogen-bond acceptors (Lipinski definition) is 2. The summed E-state index contributed by atoms with van der Waals surface area (Å²) in [4.78, 5) is 2.15. The molecule has 2 heteroatoms. The second-order valence-electron chi connectivity index (χ2n) is 5.92. The van der Waals surface area contributed by atoms with E-state index in [1.807, 2.05) is 6.08 Å². The number of nitrogens with zero attached hydrogens (tertiary/aromatic N) is 1. The molecule has 0 fully saturated rings. The second-order valence-corrected chi connectivity index (χ2v) is 5.92. The fourth-order valence-corrected chi connectivity index (χ4v) is 1.66. The molecule has 1 unspecified atom stereocenters. The summed E-state index contributed by atoms with van der Waals surface area (Å²) in [6.45, 7) is 21.8. The van der Waals surface area contributed by atoms with E-state index in [-0.39, 0.29) is 11.5 Å². The molecule has 0 amide bonds. The lowest BCUT2D eigenvalue weighted by Gasteiger charge is -2.32. The summed E-state index contributed by atoms with van der Waals surface area (Å²) in [6, 6.07) is 0.196. The van der Waals surface area contributed by atoms with E-state index < -0.39 is 0 Å². The number of unbranched alkanes of at least 4 members (excludes halogenated alkanes) is 1. The molecule has 0 aromatic rings. The van der Waals surface area contributed by atoms with Crippen molar-refractivity contribution in [3.8, 4) is 0 Å². The largest absolute Gasteiger partial charge is 0.377 e. The van der Waals surface area contributed by atoms with Crippen LogP contribution in [0.25, 0.3) is 0 Å². The predicted octanol–water partition coefficient (Wildman–Crippen LogP) is 3.94. The maximum Gasteiger partial charge on any atom is 0.0520 e. The van der Waals surface area contributed by atoms with E-state index in [2.05, 4.69) is 64.7 Å². The van der Waals surface area contributed by atoms with Crippen LogP contribution in [0, 0.1) is 5.41 Å². The van der Waals surface area contributed by atoms with Crippen LogP contribution in [0.1, 0.15) is 40.5 Å². The highest BCUT2D eigenvalue weighted by Gasteiger charge is 2.22. The average Bonchev–Trinajstić information content (AvgIpc) is 2.29. The molecule has 18 heavy (non-hydrogen) atoms. The van der Waals surface area contributed by atoms with Crippen molar-refractivity contribution < 1.29 is 0 Å². The Hall–Kier alpha value is -1.18. The molecule has 2 nitrogen and oxygen atoms in total. The second kappa shape index (κ2) is 7.30. The van der Waals surface area contributed by atoms with Crippen LogP contribution in [0.2, 0.25) is 0 Å². The number of likely N-dealkylation sites (N-methyl/N-ethyl adjacent to an activating group) is 1. The van der Waals surface area contributed by atoms with Crippen molar-refractivity contribution in [2.75, 3.05) is 13.6 Å². The van der Waals surface area contributed by atoms with Gasteiger partial charge in [-0.15, -0.1) is 6.58 Å². The Bertz CT molecular complexity index is 297. The maximum atomic E-state index is 4.11. The Morgan fingerprint density at radius 1 is 1.33 bits per heavy atom. The first-order chi connectivity index (χ1) is 8.23. The van der Waals surface area contributed by atoms with Crippen molar-refractivity contribution >= 4 is 0 Å². The van der Waals surface area contributed by atoms with Gasteiger partial charge in [0.25, 0.3) is 0 Å². The Morgan fingerprint density at radius 2 is 1.89 bits per heavy atom. The third-order valence-corrected chi connectivity index (χ3v) is 3.15. The molecule has 0 aliphatic carbocycles. The molecule has 1 N–H and O–H groups in total. The zero-order valence-electron chi connectivity index (χ0n) is 12.8. The molecule has 0 aromatic carbocycles. The van der Waals surface area contributed by atoms with Gasteiger partial charge in [0, 0.05) is 19.6 Å². The number of hydrogen-bond donors (Lipinski definition) is 1. The van der Waals surface area contributed by atoms with Crippen LogP contribution in [0.5, 0.6) is 0 Å². The van der Waals surface area contributed by atoms with Gasteiger partial charge < -0.3 is 10.2 Å². The number of nitrogens with one attached hydrogen (secondary N) is 1. The van der Waals surface area contributed by atoms with Gasteiger partial charge in [-0.25, -0.2) is 0 Å². The molecule has 0 spiro atoms. The molecule has 0 saturated heterocycles. The highest BCUT2D eigenvalue weighted by Crippen LogP contribution is 2.22. The van der Waals surface area contributed by atoms with Crippen LogP contribution in [-0.2, 0) is 0 Å². The van der Waals surface area contributed by atoms with E-state index in [1.54, 1.807) is 0 Å². The summed E-state index contributed by atoms with van der Waals surface area (Å²) < 4.78 is 0. The van der Waals surface area contributed by atoms with Gasteiger partial charge in [0.15, 0.2) is 0 Å². The predicted molar refractivity (Wildman–Crippen MR) is 82.4 cm³/mol. The summed E-state index contributed by atoms with van der Waals surface area (Å²) in [6.07, 6.45) is 4.30. The SMILES string of the molecule is C=CC(NC(=C)C(=C)N(C)CCCC)C(C)(C)C. The summed E-state index contributed by atoms with van der Waals surface area (Å²) in [7, 11) is 2.06. The zero-order valence-corrected chi connectivity index (χ0v) is 12.8. The molecule has 0 radical (unpaired) electrons. The van der Waals surface area contributed by atoms with Crippen molar-refractivity contribution in [1.82, 2.24) is 10.2 Å². The summed E-state index contributed by atoms with van der Waals surface area (Å²) >= 11 is 0. The smallest absolute Gasteiger partial charge is 0.0520 e. The fourth-order valence-electron chi connectivity index (χ4n) is 1.66. The Kier molecular flexibility index (Phi) is 6.82. The van der Waals surface area contributed by atoms with E-state index in [0.29, 0.717) is 0 Å². The molecule has 104 valence electrons. The average molecular weight is 250 g/mol. The number of rotatable bonds is 8. The minimum Gasteiger partial charge on any atom is -0.377 e. The van der Waals surface area contributed by atoms with Crippen LogP contribution >= 0.6 is 0 Å². The highest BCUT2D eigenvalue weighted by molar-refractivity contribution is 5.24. The third-order valence-electron chi connectivity index (χ3n) is 3.15. The molecule has 0 aliphatic rings. The Balaban J connectivity index is 4.47. The minimum absolute atomic E-state index is 0.118. The lowest BCUT2D eigenvalue weighted by molar-refractivity contribution is 0.324. The normalized spacial score (nSPS) is 12.7. The first-order valence-electron chi connectivity index (χ1n) is 6.72. The molecular formula is C16H30N2. The Labute approximate surface area is 113 Å². The molecule has 1 atom stereocenters. The van der Waals surface area contributed by atoms with Crippen LogP contribution in [0.3, 0.4) is 0 Å². The molecule has 0 rings (SSSR count). The Morgan fingerprint density at radius 3 is 2.28 bits per heavy atom. The van der Waals surface area contributed by atoms with Crippen molar-refractivity contribution in [2.24, 2.45) is 5.41 Å². The van der Waals surface area contributed by atoms with E-state index in [9.17, 15) is 0 Å². The summed E-state index contributed by atoms with van der Waals surface area (Å²) in [5.74, 6) is 0. The maximum absolute atomic E-state index is 4.11. The van der Waals surface area contributed by atoms with E-state index in [4.69, 9.17) is 0 Å². The first kappa shape index (κ1) is 16.8. The molecule has 0 aromatic heterocycles.